The molecule has 0 bridgehead atoms. The monoisotopic (exact) mass is 483 g/mol. The summed E-state index contributed by atoms with van der Waals surface area (Å²) in [6.45, 7) is 4.71. The lowest BCUT2D eigenvalue weighted by molar-refractivity contribution is -0.158. The Morgan fingerprint density at radius 2 is 1.61 bits per heavy atom. The Hall–Kier alpha value is -2.67. The number of amides is 3. The van der Waals surface area contributed by atoms with E-state index in [2.05, 4.69) is 15.9 Å². The lowest BCUT2D eigenvalue weighted by Gasteiger charge is -2.42. The first-order valence-corrected chi connectivity index (χ1v) is 11.4. The number of benzene rings is 2. The summed E-state index contributed by atoms with van der Waals surface area (Å²) in [6.07, 6.45) is 1.38. The van der Waals surface area contributed by atoms with Crippen LogP contribution in [0.4, 0.5) is 0 Å². The summed E-state index contributed by atoms with van der Waals surface area (Å²) in [5.41, 5.74) is 2.84. The average molecular weight is 484 g/mol. The van der Waals surface area contributed by atoms with E-state index in [1.165, 1.54) is 5.56 Å². The third-order valence-corrected chi connectivity index (χ3v) is 6.82. The van der Waals surface area contributed by atoms with Crippen molar-refractivity contribution in [1.82, 2.24) is 14.7 Å². The molecule has 0 radical (unpaired) electrons. The van der Waals surface area contributed by atoms with E-state index in [9.17, 15) is 14.4 Å². The molecule has 2 aliphatic rings. The van der Waals surface area contributed by atoms with E-state index in [1.807, 2.05) is 60.4 Å². The van der Waals surface area contributed by atoms with Crippen molar-refractivity contribution in [3.05, 3.63) is 69.7 Å². The summed E-state index contributed by atoms with van der Waals surface area (Å²) in [5.74, 6) is -0.858. The van der Waals surface area contributed by atoms with Crippen molar-refractivity contribution in [2.45, 2.75) is 32.4 Å². The van der Waals surface area contributed by atoms with Gasteiger partial charge in [0.25, 0.3) is 5.91 Å². The molecule has 2 heterocycles. The number of hydrogen-bond acceptors (Lipinski definition) is 3. The molecule has 0 aromatic heterocycles. The van der Waals surface area contributed by atoms with E-state index < -0.39 is 11.8 Å². The highest BCUT2D eigenvalue weighted by atomic mass is 79.9. The van der Waals surface area contributed by atoms with Crippen molar-refractivity contribution in [2.75, 3.05) is 26.2 Å². The number of carbonyl (C=O) groups excluding carboxylic acids is 3. The van der Waals surface area contributed by atoms with Crippen molar-refractivity contribution in [3.8, 4) is 0 Å². The molecule has 3 amide bonds. The van der Waals surface area contributed by atoms with E-state index >= 15 is 0 Å². The van der Waals surface area contributed by atoms with Crippen LogP contribution in [0.3, 0.4) is 0 Å². The predicted molar refractivity (Wildman–Crippen MR) is 121 cm³/mol. The molecular weight excluding hydrogens is 458 g/mol. The first-order chi connectivity index (χ1) is 14.9. The molecule has 2 saturated heterocycles. The van der Waals surface area contributed by atoms with Crippen LogP contribution in [0.1, 0.15) is 34.3 Å². The molecule has 2 aromatic rings. The quantitative estimate of drug-likeness (QED) is 0.627. The molecule has 0 saturated carbocycles. The Morgan fingerprint density at radius 3 is 2.29 bits per heavy atom. The Labute approximate surface area is 190 Å². The van der Waals surface area contributed by atoms with Crippen LogP contribution in [0.2, 0.25) is 0 Å². The standard InChI is InChI=1S/C24H26BrN3O3/c1-17-6-8-18(9-7-17)16-27-14-15-28(24(31)23(27)30)19-10-12-26(13-11-19)22(29)20-4-2-3-5-21(20)25/h2-9,19H,10-16H2,1H3. The molecule has 6 nitrogen and oxygen atoms in total. The Balaban J connectivity index is 1.34. The van der Waals surface area contributed by atoms with Gasteiger partial charge in [-0.3, -0.25) is 14.4 Å². The number of piperidine rings is 1. The molecular formula is C24H26BrN3O3. The van der Waals surface area contributed by atoms with Crippen molar-refractivity contribution in [3.63, 3.8) is 0 Å². The van der Waals surface area contributed by atoms with Gasteiger partial charge < -0.3 is 14.7 Å². The molecule has 0 unspecified atom stereocenters. The maximum atomic E-state index is 12.8. The molecule has 2 aliphatic heterocycles. The predicted octanol–water partition coefficient (Wildman–Crippen LogP) is 3.23. The fourth-order valence-corrected chi connectivity index (χ4v) is 4.74. The number of piperazine rings is 1. The summed E-state index contributed by atoms with van der Waals surface area (Å²) in [4.78, 5) is 43.5. The number of carbonyl (C=O) groups is 3. The van der Waals surface area contributed by atoms with E-state index in [4.69, 9.17) is 0 Å². The maximum absolute atomic E-state index is 12.8. The lowest BCUT2D eigenvalue weighted by atomic mass is 10.0. The highest BCUT2D eigenvalue weighted by molar-refractivity contribution is 9.10. The number of nitrogens with zero attached hydrogens (tertiary/aromatic N) is 3. The van der Waals surface area contributed by atoms with Crippen LogP contribution in [0.15, 0.2) is 53.0 Å². The minimum Gasteiger partial charge on any atom is -0.338 e. The van der Waals surface area contributed by atoms with Gasteiger partial charge >= 0.3 is 11.8 Å². The van der Waals surface area contributed by atoms with Crippen LogP contribution in [-0.4, -0.2) is 64.6 Å². The highest BCUT2D eigenvalue weighted by Crippen LogP contribution is 2.24. The third-order valence-electron chi connectivity index (χ3n) is 6.13. The molecule has 31 heavy (non-hydrogen) atoms. The SMILES string of the molecule is Cc1ccc(CN2CCN(C3CCN(C(=O)c4ccccc4Br)CC3)C(=O)C2=O)cc1. The van der Waals surface area contributed by atoms with Crippen LogP contribution in [-0.2, 0) is 16.1 Å². The normalized spacial score (nSPS) is 17.9. The average Bonchev–Trinajstić information content (AvgIpc) is 2.78. The zero-order valence-corrected chi connectivity index (χ0v) is 19.2. The second-order valence-corrected chi connectivity index (χ2v) is 9.07. The molecule has 0 atom stereocenters. The number of halogens is 1. The molecule has 7 heteroatoms. The van der Waals surface area contributed by atoms with Gasteiger partial charge in [-0.05, 0) is 53.4 Å². The van der Waals surface area contributed by atoms with Gasteiger partial charge in [-0.25, -0.2) is 0 Å². The van der Waals surface area contributed by atoms with E-state index in [-0.39, 0.29) is 11.9 Å². The molecule has 0 spiro atoms. The van der Waals surface area contributed by atoms with Gasteiger partial charge in [-0.2, -0.15) is 0 Å². The zero-order valence-electron chi connectivity index (χ0n) is 17.6. The van der Waals surface area contributed by atoms with Gasteiger partial charge in [-0.1, -0.05) is 42.0 Å². The summed E-state index contributed by atoms with van der Waals surface area (Å²) < 4.78 is 0.785. The maximum Gasteiger partial charge on any atom is 0.312 e. The Kier molecular flexibility index (Phi) is 6.41. The zero-order chi connectivity index (χ0) is 22.0. The first kappa shape index (κ1) is 21.6. The summed E-state index contributed by atoms with van der Waals surface area (Å²) >= 11 is 3.44. The van der Waals surface area contributed by atoms with Crippen LogP contribution >= 0.6 is 15.9 Å². The largest absolute Gasteiger partial charge is 0.338 e. The van der Waals surface area contributed by atoms with Crippen molar-refractivity contribution in [1.29, 1.82) is 0 Å². The summed E-state index contributed by atoms with van der Waals surface area (Å²) in [5, 5.41) is 0. The topological polar surface area (TPSA) is 60.9 Å². The Bertz CT molecular complexity index is 984. The second-order valence-electron chi connectivity index (χ2n) is 8.21. The van der Waals surface area contributed by atoms with Gasteiger partial charge in [0.15, 0.2) is 0 Å². The van der Waals surface area contributed by atoms with Crippen LogP contribution in [0.25, 0.3) is 0 Å². The van der Waals surface area contributed by atoms with Gasteiger partial charge in [0, 0.05) is 43.2 Å². The van der Waals surface area contributed by atoms with E-state index in [0.29, 0.717) is 51.1 Å². The van der Waals surface area contributed by atoms with Crippen LogP contribution in [0.5, 0.6) is 0 Å². The third kappa shape index (κ3) is 4.66. The summed E-state index contributed by atoms with van der Waals surface area (Å²) in [7, 11) is 0. The van der Waals surface area contributed by atoms with Crippen molar-refractivity contribution >= 4 is 33.7 Å². The first-order valence-electron chi connectivity index (χ1n) is 10.6. The van der Waals surface area contributed by atoms with E-state index in [1.54, 1.807) is 9.80 Å². The highest BCUT2D eigenvalue weighted by Gasteiger charge is 2.38. The van der Waals surface area contributed by atoms with Gasteiger partial charge in [0.1, 0.15) is 0 Å². The number of hydrogen-bond donors (Lipinski definition) is 0. The number of rotatable bonds is 4. The second kappa shape index (κ2) is 9.22. The minimum atomic E-state index is -0.432. The van der Waals surface area contributed by atoms with Crippen LogP contribution < -0.4 is 0 Å². The summed E-state index contributed by atoms with van der Waals surface area (Å²) in [6, 6.07) is 15.4. The smallest absolute Gasteiger partial charge is 0.312 e. The fourth-order valence-electron chi connectivity index (χ4n) is 4.29. The molecule has 2 aromatic carbocycles. The van der Waals surface area contributed by atoms with E-state index in [0.717, 1.165) is 10.0 Å². The molecule has 162 valence electrons. The van der Waals surface area contributed by atoms with Crippen LogP contribution in [0, 0.1) is 6.92 Å². The Morgan fingerprint density at radius 1 is 0.935 bits per heavy atom. The van der Waals surface area contributed by atoms with Crippen molar-refractivity contribution < 1.29 is 14.4 Å². The molecule has 4 rings (SSSR count). The molecule has 0 aliphatic carbocycles. The van der Waals surface area contributed by atoms with Crippen molar-refractivity contribution in [2.24, 2.45) is 0 Å². The minimum absolute atomic E-state index is 0.00115. The van der Waals surface area contributed by atoms with Gasteiger partial charge in [0.2, 0.25) is 0 Å². The number of aryl methyl sites for hydroxylation is 1. The molecule has 0 N–H and O–H groups in total. The molecule has 2 fully saturated rings. The van der Waals surface area contributed by atoms with Gasteiger partial charge in [0.05, 0.1) is 5.56 Å². The fraction of sp³-hybridized carbons (Fsp3) is 0.375. The lowest BCUT2D eigenvalue weighted by Crippen LogP contribution is -2.59. The van der Waals surface area contributed by atoms with Gasteiger partial charge in [-0.15, -0.1) is 0 Å². The number of likely N-dealkylation sites (tertiary alicyclic amines) is 1.